The molecule has 7 nitrogen and oxygen atoms in total. The van der Waals surface area contributed by atoms with E-state index in [0.717, 1.165) is 5.56 Å². The molecule has 1 N–H and O–H groups in total. The summed E-state index contributed by atoms with van der Waals surface area (Å²) in [6.45, 7) is 5.25. The molecular weight excluding hydrogens is 418 g/mol. The third kappa shape index (κ3) is 4.18. The van der Waals surface area contributed by atoms with Crippen molar-refractivity contribution in [1.29, 1.82) is 0 Å². The Balaban J connectivity index is 1.62. The lowest BCUT2D eigenvalue weighted by Crippen LogP contribution is -2.17. The maximum absolute atomic E-state index is 12.6. The molecule has 31 heavy (non-hydrogen) atoms. The Labute approximate surface area is 183 Å². The second-order valence-electron chi connectivity index (χ2n) is 6.99. The van der Waals surface area contributed by atoms with Gasteiger partial charge in [0, 0.05) is 16.1 Å². The molecule has 0 fully saturated rings. The molecule has 0 aliphatic carbocycles. The first-order valence-electron chi connectivity index (χ1n) is 9.66. The van der Waals surface area contributed by atoms with Crippen LogP contribution in [-0.4, -0.2) is 16.4 Å². The molecule has 1 amide bonds. The van der Waals surface area contributed by atoms with Crippen molar-refractivity contribution in [3.05, 3.63) is 76.6 Å². The fourth-order valence-corrected chi connectivity index (χ4v) is 3.57. The second kappa shape index (κ2) is 8.65. The minimum atomic E-state index is -0.657. The van der Waals surface area contributed by atoms with Gasteiger partial charge in [0.15, 0.2) is 5.76 Å². The number of hydrogen-bond donors (Lipinski definition) is 1. The number of anilines is 1. The van der Waals surface area contributed by atoms with Gasteiger partial charge in [-0.15, -0.1) is 0 Å². The molecule has 0 spiro atoms. The van der Waals surface area contributed by atoms with Crippen molar-refractivity contribution in [3.63, 3.8) is 0 Å². The average Bonchev–Trinajstić information content (AvgIpc) is 3.31. The van der Waals surface area contributed by atoms with Gasteiger partial charge in [-0.05, 0) is 26.8 Å². The predicted octanol–water partition coefficient (Wildman–Crippen LogP) is 6.58. The van der Waals surface area contributed by atoms with Gasteiger partial charge in [0.1, 0.15) is 28.9 Å². The zero-order chi connectivity index (χ0) is 22.0. The molecule has 0 bridgehead atoms. The number of benzene rings is 2. The molecule has 2 aromatic carbocycles. The highest BCUT2D eigenvalue weighted by molar-refractivity contribution is 6.31. The summed E-state index contributed by atoms with van der Waals surface area (Å²) >= 11 is 6.20. The number of nitrogens with zero attached hydrogens (tertiary/aromatic N) is 2. The van der Waals surface area contributed by atoms with E-state index in [4.69, 9.17) is 25.4 Å². The van der Waals surface area contributed by atoms with Crippen molar-refractivity contribution in [2.75, 3.05) is 5.32 Å². The van der Waals surface area contributed by atoms with Crippen LogP contribution in [0.25, 0.3) is 22.6 Å². The fraction of sp³-hybridized carbons (Fsp3) is 0.174. The molecule has 0 saturated carbocycles. The largest absolute Gasteiger partial charge is 0.441 e. The van der Waals surface area contributed by atoms with E-state index in [1.807, 2.05) is 48.5 Å². The Hall–Kier alpha value is -3.58. The van der Waals surface area contributed by atoms with Crippen molar-refractivity contribution in [1.82, 2.24) is 10.3 Å². The number of carbonyl (C=O) groups excluding carboxylic acids is 1. The zero-order valence-corrected chi connectivity index (χ0v) is 17.9. The maximum Gasteiger partial charge on any atom is 0.412 e. The number of nitrogens with one attached hydrogen (secondary N) is 1. The monoisotopic (exact) mass is 437 g/mol. The maximum atomic E-state index is 12.6. The number of amides is 1. The van der Waals surface area contributed by atoms with Gasteiger partial charge >= 0.3 is 6.09 Å². The first kappa shape index (κ1) is 20.7. The summed E-state index contributed by atoms with van der Waals surface area (Å²) in [5.74, 6) is 0.883. The lowest BCUT2D eigenvalue weighted by atomic mass is 10.0. The first-order valence-corrected chi connectivity index (χ1v) is 10.0. The molecule has 1 atom stereocenters. The molecule has 2 aromatic heterocycles. The van der Waals surface area contributed by atoms with Crippen LogP contribution in [0.4, 0.5) is 10.5 Å². The summed E-state index contributed by atoms with van der Waals surface area (Å²) in [7, 11) is 0. The van der Waals surface area contributed by atoms with Crippen LogP contribution in [0.2, 0.25) is 5.02 Å². The summed E-state index contributed by atoms with van der Waals surface area (Å²) in [6, 6.07) is 16.8. The molecule has 4 aromatic rings. The van der Waals surface area contributed by atoms with E-state index in [1.54, 1.807) is 26.8 Å². The number of hydrogen-bond acceptors (Lipinski definition) is 6. The van der Waals surface area contributed by atoms with Crippen LogP contribution >= 0.6 is 11.6 Å². The molecule has 2 heterocycles. The number of aryl methyl sites for hydroxylation is 2. The van der Waals surface area contributed by atoms with Gasteiger partial charge in [-0.25, -0.2) is 4.79 Å². The van der Waals surface area contributed by atoms with Gasteiger partial charge < -0.3 is 13.8 Å². The highest BCUT2D eigenvalue weighted by Crippen LogP contribution is 2.39. The lowest BCUT2D eigenvalue weighted by Gasteiger charge is -2.15. The van der Waals surface area contributed by atoms with Crippen molar-refractivity contribution < 1.29 is 18.6 Å². The number of halogens is 1. The summed E-state index contributed by atoms with van der Waals surface area (Å²) in [4.78, 5) is 12.6. The normalized spacial score (nSPS) is 11.9. The lowest BCUT2D eigenvalue weighted by molar-refractivity contribution is 0.121. The van der Waals surface area contributed by atoms with Gasteiger partial charge in [-0.3, -0.25) is 5.32 Å². The van der Waals surface area contributed by atoms with Gasteiger partial charge in [0.2, 0.25) is 0 Å². The van der Waals surface area contributed by atoms with Crippen LogP contribution in [0.3, 0.4) is 0 Å². The summed E-state index contributed by atoms with van der Waals surface area (Å²) in [5.41, 5.74) is 3.65. The summed E-state index contributed by atoms with van der Waals surface area (Å²) < 4.78 is 16.5. The Bertz CT molecular complexity index is 1220. The Morgan fingerprint density at radius 1 is 1.03 bits per heavy atom. The molecule has 0 radical (unpaired) electrons. The molecule has 1 unspecified atom stereocenters. The van der Waals surface area contributed by atoms with Crippen LogP contribution in [0.5, 0.6) is 0 Å². The molecule has 0 saturated heterocycles. The Kier molecular flexibility index (Phi) is 5.77. The molecule has 158 valence electrons. The quantitative estimate of drug-likeness (QED) is 0.379. The number of carbonyl (C=O) groups is 1. The van der Waals surface area contributed by atoms with E-state index in [9.17, 15) is 4.79 Å². The Morgan fingerprint density at radius 2 is 1.74 bits per heavy atom. The van der Waals surface area contributed by atoms with Crippen molar-refractivity contribution in [2.45, 2.75) is 26.9 Å². The number of aromatic nitrogens is 2. The van der Waals surface area contributed by atoms with Crippen LogP contribution in [-0.2, 0) is 4.74 Å². The highest BCUT2D eigenvalue weighted by Gasteiger charge is 2.26. The minimum Gasteiger partial charge on any atom is -0.441 e. The van der Waals surface area contributed by atoms with E-state index >= 15 is 0 Å². The molecule has 8 heteroatoms. The summed E-state index contributed by atoms with van der Waals surface area (Å²) in [5, 5.41) is 11.5. The smallest absolute Gasteiger partial charge is 0.412 e. The van der Waals surface area contributed by atoms with Gasteiger partial charge in [-0.1, -0.05) is 70.4 Å². The fourth-order valence-electron chi connectivity index (χ4n) is 3.28. The first-order chi connectivity index (χ1) is 15.0. The molecular formula is C23H20ClN3O4. The van der Waals surface area contributed by atoms with Gasteiger partial charge in [0.25, 0.3) is 0 Å². The van der Waals surface area contributed by atoms with E-state index in [-0.39, 0.29) is 0 Å². The molecule has 4 rings (SSSR count). The van der Waals surface area contributed by atoms with Crippen LogP contribution < -0.4 is 5.32 Å². The number of ether oxygens (including phenoxy) is 1. The van der Waals surface area contributed by atoms with E-state index in [2.05, 4.69) is 15.6 Å². The third-order valence-corrected chi connectivity index (χ3v) is 5.20. The average molecular weight is 438 g/mol. The van der Waals surface area contributed by atoms with Crippen LogP contribution in [0, 0.1) is 13.8 Å². The minimum absolute atomic E-state index is 0.345. The van der Waals surface area contributed by atoms with Crippen molar-refractivity contribution in [2.24, 2.45) is 0 Å². The Morgan fingerprint density at radius 3 is 2.48 bits per heavy atom. The SMILES string of the molecule is Cc1noc(-c2c(-c3ccccc3)noc2C)c1NC(=O)OC(C)c1ccccc1Cl. The van der Waals surface area contributed by atoms with Crippen LogP contribution in [0.1, 0.15) is 30.0 Å². The van der Waals surface area contributed by atoms with Crippen molar-refractivity contribution in [3.8, 4) is 22.6 Å². The topological polar surface area (TPSA) is 90.4 Å². The second-order valence-corrected chi connectivity index (χ2v) is 7.40. The van der Waals surface area contributed by atoms with Crippen LogP contribution in [0.15, 0.2) is 63.6 Å². The predicted molar refractivity (Wildman–Crippen MR) is 117 cm³/mol. The zero-order valence-electron chi connectivity index (χ0n) is 17.2. The standard InChI is InChI=1S/C23H20ClN3O4/c1-13-20(25-23(28)29-14(2)17-11-7-8-12-18(17)24)22(31-26-13)19-15(3)30-27-21(19)16-9-5-4-6-10-16/h4-12,14H,1-3H3,(H,25,28). The highest BCUT2D eigenvalue weighted by atomic mass is 35.5. The van der Waals surface area contributed by atoms with Gasteiger partial charge in [0.05, 0.1) is 5.56 Å². The van der Waals surface area contributed by atoms with E-state index in [1.165, 1.54) is 0 Å². The molecule has 0 aliphatic rings. The third-order valence-electron chi connectivity index (χ3n) is 4.85. The van der Waals surface area contributed by atoms with Gasteiger partial charge in [-0.2, -0.15) is 0 Å². The van der Waals surface area contributed by atoms with E-state index in [0.29, 0.717) is 44.7 Å². The van der Waals surface area contributed by atoms with Crippen molar-refractivity contribution >= 4 is 23.4 Å². The molecule has 0 aliphatic heterocycles. The summed E-state index contributed by atoms with van der Waals surface area (Å²) in [6.07, 6.45) is -1.20. The number of rotatable bonds is 5. The van der Waals surface area contributed by atoms with E-state index < -0.39 is 12.2 Å².